The predicted molar refractivity (Wildman–Crippen MR) is 59.1 cm³/mol. The fourth-order valence-corrected chi connectivity index (χ4v) is 3.94. The Morgan fingerprint density at radius 2 is 2.14 bits per heavy atom. The minimum atomic E-state index is -3.05. The molecule has 1 rings (SSSR count). The summed E-state index contributed by atoms with van der Waals surface area (Å²) >= 11 is 5.50. The monoisotopic (exact) mass is 239 g/mol. The summed E-state index contributed by atoms with van der Waals surface area (Å²) in [5, 5.41) is 0. The minimum absolute atomic E-state index is 0.170. The number of hydrogen-bond acceptors (Lipinski definition) is 2. The molecular formula is C9H18ClNO2S. The number of sulfonamides is 1. The van der Waals surface area contributed by atoms with Crippen molar-refractivity contribution in [2.24, 2.45) is 0 Å². The van der Waals surface area contributed by atoms with Crippen LogP contribution in [0.3, 0.4) is 0 Å². The normalized spacial score (nSPS) is 25.1. The van der Waals surface area contributed by atoms with E-state index < -0.39 is 10.0 Å². The van der Waals surface area contributed by atoms with E-state index >= 15 is 0 Å². The van der Waals surface area contributed by atoms with E-state index in [1.165, 1.54) is 0 Å². The molecule has 1 aliphatic heterocycles. The van der Waals surface area contributed by atoms with Gasteiger partial charge in [-0.1, -0.05) is 6.42 Å². The third-order valence-corrected chi connectivity index (χ3v) is 4.96. The molecule has 1 aliphatic rings. The first kappa shape index (κ1) is 12.3. The van der Waals surface area contributed by atoms with Gasteiger partial charge in [-0.2, -0.15) is 4.31 Å². The zero-order chi connectivity index (χ0) is 10.6. The Hall–Kier alpha value is 0.200. The summed E-state index contributed by atoms with van der Waals surface area (Å²) in [5.41, 5.74) is 0. The zero-order valence-corrected chi connectivity index (χ0v) is 10.1. The molecule has 0 spiro atoms. The van der Waals surface area contributed by atoms with Gasteiger partial charge < -0.3 is 0 Å². The fraction of sp³-hybridized carbons (Fsp3) is 1.00. The highest BCUT2D eigenvalue weighted by Gasteiger charge is 2.28. The van der Waals surface area contributed by atoms with Crippen LogP contribution in [-0.2, 0) is 10.0 Å². The maximum absolute atomic E-state index is 11.8. The van der Waals surface area contributed by atoms with E-state index in [-0.39, 0.29) is 11.8 Å². The average molecular weight is 240 g/mol. The first-order chi connectivity index (χ1) is 6.58. The molecule has 3 nitrogen and oxygen atoms in total. The lowest BCUT2D eigenvalue weighted by molar-refractivity contribution is 0.268. The Bertz CT molecular complexity index is 266. The van der Waals surface area contributed by atoms with E-state index in [9.17, 15) is 8.42 Å². The summed E-state index contributed by atoms with van der Waals surface area (Å²) in [5.74, 6) is 0.613. The highest BCUT2D eigenvalue weighted by atomic mass is 35.5. The van der Waals surface area contributed by atoms with Crippen LogP contribution in [-0.4, -0.2) is 36.9 Å². The van der Waals surface area contributed by atoms with Crippen LogP contribution in [0.25, 0.3) is 0 Å². The van der Waals surface area contributed by atoms with Crippen molar-refractivity contribution in [1.29, 1.82) is 0 Å². The van der Waals surface area contributed by atoms with Crippen LogP contribution in [0.15, 0.2) is 0 Å². The molecule has 0 aromatic heterocycles. The second-order valence-electron chi connectivity index (χ2n) is 3.81. The molecule has 1 saturated heterocycles. The molecule has 1 fully saturated rings. The Kier molecular flexibility index (Phi) is 4.67. The highest BCUT2D eigenvalue weighted by molar-refractivity contribution is 7.89. The summed E-state index contributed by atoms with van der Waals surface area (Å²) in [6, 6.07) is 0.170. The van der Waals surface area contributed by atoms with Crippen molar-refractivity contribution in [2.45, 2.75) is 38.6 Å². The number of hydrogen-bond donors (Lipinski definition) is 0. The molecule has 0 saturated carbocycles. The van der Waals surface area contributed by atoms with Crippen LogP contribution in [0.2, 0.25) is 0 Å². The molecule has 5 heteroatoms. The number of halogens is 1. The number of rotatable bonds is 4. The summed E-state index contributed by atoms with van der Waals surface area (Å²) in [7, 11) is -3.05. The lowest BCUT2D eigenvalue weighted by atomic mass is 10.1. The second-order valence-corrected chi connectivity index (χ2v) is 6.23. The molecule has 0 unspecified atom stereocenters. The summed E-state index contributed by atoms with van der Waals surface area (Å²) < 4.78 is 25.3. The summed E-state index contributed by atoms with van der Waals surface area (Å²) in [6.45, 7) is 2.67. The molecule has 0 amide bonds. The smallest absolute Gasteiger partial charge is 0.212 e. The molecule has 0 aromatic carbocycles. The third-order valence-electron chi connectivity index (χ3n) is 2.64. The quantitative estimate of drug-likeness (QED) is 0.702. The van der Waals surface area contributed by atoms with Crippen molar-refractivity contribution in [3.63, 3.8) is 0 Å². The molecule has 1 atom stereocenters. The van der Waals surface area contributed by atoms with Crippen molar-refractivity contribution in [3.05, 3.63) is 0 Å². The van der Waals surface area contributed by atoms with E-state index in [0.717, 1.165) is 19.3 Å². The Labute approximate surface area is 91.5 Å². The van der Waals surface area contributed by atoms with Gasteiger partial charge in [-0.25, -0.2) is 8.42 Å². The van der Waals surface area contributed by atoms with E-state index in [4.69, 9.17) is 11.6 Å². The van der Waals surface area contributed by atoms with Gasteiger partial charge in [0.15, 0.2) is 0 Å². The molecular weight excluding hydrogens is 222 g/mol. The van der Waals surface area contributed by atoms with Gasteiger partial charge in [0.05, 0.1) is 5.75 Å². The van der Waals surface area contributed by atoms with Crippen LogP contribution < -0.4 is 0 Å². The molecule has 0 aromatic rings. The van der Waals surface area contributed by atoms with Crippen LogP contribution >= 0.6 is 11.6 Å². The van der Waals surface area contributed by atoms with E-state index in [1.807, 2.05) is 6.92 Å². The fourth-order valence-electron chi connectivity index (χ4n) is 1.84. The third kappa shape index (κ3) is 3.11. The number of nitrogens with zero attached hydrogens (tertiary/aromatic N) is 1. The van der Waals surface area contributed by atoms with E-state index in [2.05, 4.69) is 0 Å². The maximum Gasteiger partial charge on any atom is 0.214 e. The SMILES string of the molecule is C[C@@H]1CCCCN1S(=O)(=O)CCCCl. The van der Waals surface area contributed by atoms with Gasteiger partial charge in [-0.3, -0.25) is 0 Å². The summed E-state index contributed by atoms with van der Waals surface area (Å²) in [4.78, 5) is 0. The van der Waals surface area contributed by atoms with Crippen LogP contribution in [0.1, 0.15) is 32.6 Å². The first-order valence-electron chi connectivity index (χ1n) is 5.13. The average Bonchev–Trinajstić information content (AvgIpc) is 2.15. The van der Waals surface area contributed by atoms with Gasteiger partial charge in [-0.15, -0.1) is 11.6 Å². The lowest BCUT2D eigenvalue weighted by Crippen LogP contribution is -2.43. The Morgan fingerprint density at radius 1 is 1.43 bits per heavy atom. The first-order valence-corrected chi connectivity index (χ1v) is 7.28. The van der Waals surface area contributed by atoms with E-state index in [1.54, 1.807) is 4.31 Å². The molecule has 0 aliphatic carbocycles. The lowest BCUT2D eigenvalue weighted by Gasteiger charge is -2.32. The Morgan fingerprint density at radius 3 is 2.71 bits per heavy atom. The molecule has 0 bridgehead atoms. The van der Waals surface area contributed by atoms with Crippen molar-refractivity contribution in [2.75, 3.05) is 18.2 Å². The molecule has 84 valence electrons. The topological polar surface area (TPSA) is 37.4 Å². The van der Waals surface area contributed by atoms with Crippen LogP contribution in [0, 0.1) is 0 Å². The van der Waals surface area contributed by atoms with E-state index in [0.29, 0.717) is 18.8 Å². The Balaban J connectivity index is 2.60. The summed E-state index contributed by atoms with van der Waals surface area (Å²) in [6.07, 6.45) is 3.67. The largest absolute Gasteiger partial charge is 0.214 e. The van der Waals surface area contributed by atoms with Crippen LogP contribution in [0.5, 0.6) is 0 Å². The predicted octanol–water partition coefficient (Wildman–Crippen LogP) is 1.82. The molecule has 0 radical (unpaired) electrons. The zero-order valence-electron chi connectivity index (χ0n) is 8.58. The number of alkyl halides is 1. The number of piperidine rings is 1. The van der Waals surface area contributed by atoms with Gasteiger partial charge in [0.2, 0.25) is 10.0 Å². The molecule has 14 heavy (non-hydrogen) atoms. The van der Waals surface area contributed by atoms with Crippen LogP contribution in [0.4, 0.5) is 0 Å². The second kappa shape index (κ2) is 5.33. The maximum atomic E-state index is 11.8. The minimum Gasteiger partial charge on any atom is -0.212 e. The molecule has 0 N–H and O–H groups in total. The van der Waals surface area contributed by atoms with Crippen molar-refractivity contribution in [3.8, 4) is 0 Å². The van der Waals surface area contributed by atoms with Crippen molar-refractivity contribution >= 4 is 21.6 Å². The van der Waals surface area contributed by atoms with Crippen molar-refractivity contribution in [1.82, 2.24) is 4.31 Å². The van der Waals surface area contributed by atoms with Gasteiger partial charge in [0, 0.05) is 18.5 Å². The van der Waals surface area contributed by atoms with Gasteiger partial charge in [0.25, 0.3) is 0 Å². The van der Waals surface area contributed by atoms with Crippen molar-refractivity contribution < 1.29 is 8.42 Å². The highest BCUT2D eigenvalue weighted by Crippen LogP contribution is 2.20. The molecule has 1 heterocycles. The van der Waals surface area contributed by atoms with Gasteiger partial charge >= 0.3 is 0 Å². The van der Waals surface area contributed by atoms with Gasteiger partial charge in [0.1, 0.15) is 0 Å². The standard InChI is InChI=1S/C9H18ClNO2S/c1-9-5-2-3-7-11(9)14(12,13)8-4-6-10/h9H,2-8H2,1H3/t9-/m1/s1. The van der Waals surface area contributed by atoms with Gasteiger partial charge in [-0.05, 0) is 26.2 Å².